The van der Waals surface area contributed by atoms with Crippen molar-refractivity contribution < 1.29 is 9.21 Å². The van der Waals surface area contributed by atoms with Gasteiger partial charge in [-0.15, -0.1) is 5.10 Å². The van der Waals surface area contributed by atoms with Gasteiger partial charge in [0.15, 0.2) is 11.3 Å². The number of rotatable bonds is 4. The number of aromatic nitrogens is 4. The topological polar surface area (TPSA) is 101 Å². The van der Waals surface area contributed by atoms with E-state index in [1.54, 1.807) is 23.1 Å². The van der Waals surface area contributed by atoms with E-state index < -0.39 is 0 Å². The normalized spacial score (nSPS) is 15.2. The number of amides is 1. The number of fused-ring (bicyclic) bond motifs is 1. The van der Waals surface area contributed by atoms with Crippen LogP contribution in [0.25, 0.3) is 11.1 Å². The van der Waals surface area contributed by atoms with Gasteiger partial charge in [-0.3, -0.25) is 4.79 Å². The summed E-state index contributed by atoms with van der Waals surface area (Å²) >= 11 is 0. The predicted molar refractivity (Wildman–Crippen MR) is 102 cm³/mol. The molecule has 2 aromatic heterocycles. The average molecular weight is 369 g/mol. The Bertz CT molecular complexity index is 969. The first-order valence-electron chi connectivity index (χ1n) is 9.04. The smallest absolute Gasteiger partial charge is 0.297 e. The molecular weight excluding hydrogens is 346 g/mol. The van der Waals surface area contributed by atoms with Gasteiger partial charge < -0.3 is 20.0 Å². The van der Waals surface area contributed by atoms with Crippen LogP contribution < -0.4 is 15.5 Å². The van der Waals surface area contributed by atoms with Crippen LogP contribution in [0, 0.1) is 6.92 Å². The second-order valence-corrected chi connectivity index (χ2v) is 6.98. The fourth-order valence-electron chi connectivity index (χ4n) is 3.32. The lowest BCUT2D eigenvalue weighted by Gasteiger charge is -2.23. The molecule has 3 aromatic rings. The lowest BCUT2D eigenvalue weighted by Crippen LogP contribution is -2.30. The highest BCUT2D eigenvalue weighted by atomic mass is 16.4. The van der Waals surface area contributed by atoms with Crippen LogP contribution in [0.3, 0.4) is 0 Å². The third kappa shape index (κ3) is 3.37. The lowest BCUT2D eigenvalue weighted by molar-refractivity contribution is 0.102. The number of hydrogen-bond acceptors (Lipinski definition) is 7. The Morgan fingerprint density at radius 3 is 2.85 bits per heavy atom. The second kappa shape index (κ2) is 6.99. The van der Waals surface area contributed by atoms with Crippen LogP contribution in [0.1, 0.15) is 35.1 Å². The summed E-state index contributed by atoms with van der Waals surface area (Å²) in [4.78, 5) is 18.9. The van der Waals surface area contributed by atoms with Crippen LogP contribution in [-0.4, -0.2) is 53.1 Å². The van der Waals surface area contributed by atoms with E-state index in [0.29, 0.717) is 28.5 Å². The average Bonchev–Trinajstić information content (AvgIpc) is 3.25. The molecule has 9 heteroatoms. The van der Waals surface area contributed by atoms with Crippen molar-refractivity contribution in [3.63, 3.8) is 0 Å². The lowest BCUT2D eigenvalue weighted by atomic mass is 10.1. The van der Waals surface area contributed by atoms with E-state index in [1.807, 2.05) is 25.7 Å². The van der Waals surface area contributed by atoms with Crippen LogP contribution >= 0.6 is 0 Å². The monoisotopic (exact) mass is 369 g/mol. The molecule has 1 amide bonds. The number of oxazole rings is 1. The minimum absolute atomic E-state index is 0.275. The highest BCUT2D eigenvalue weighted by molar-refractivity contribution is 6.04. The summed E-state index contributed by atoms with van der Waals surface area (Å²) in [5.74, 6) is -0.275. The van der Waals surface area contributed by atoms with Crippen molar-refractivity contribution >= 4 is 28.7 Å². The quantitative estimate of drug-likeness (QED) is 0.725. The maximum atomic E-state index is 12.7. The molecule has 0 bridgehead atoms. The van der Waals surface area contributed by atoms with Crippen molar-refractivity contribution in [3.8, 4) is 0 Å². The highest BCUT2D eigenvalue weighted by Gasteiger charge is 2.23. The number of carbonyl (C=O) groups is 1. The van der Waals surface area contributed by atoms with Gasteiger partial charge in [-0.25, -0.2) is 4.68 Å². The number of anilines is 2. The third-order valence-electron chi connectivity index (χ3n) is 4.81. The van der Waals surface area contributed by atoms with Gasteiger partial charge in [0, 0.05) is 19.8 Å². The van der Waals surface area contributed by atoms with E-state index in [2.05, 4.69) is 25.9 Å². The summed E-state index contributed by atoms with van der Waals surface area (Å²) in [5, 5.41) is 14.6. The zero-order valence-electron chi connectivity index (χ0n) is 15.7. The van der Waals surface area contributed by atoms with Crippen molar-refractivity contribution in [3.05, 3.63) is 29.6 Å². The molecule has 0 saturated carbocycles. The Balaban J connectivity index is 1.53. The van der Waals surface area contributed by atoms with Crippen molar-refractivity contribution in [2.45, 2.75) is 25.8 Å². The summed E-state index contributed by atoms with van der Waals surface area (Å²) in [6, 6.07) is 6.18. The Morgan fingerprint density at radius 1 is 1.33 bits per heavy atom. The SMILES string of the molecule is Cc1c(C(=O)Nc2ccc3oc(N(C)C)nc3c2)nnn1C1CCNCC1. The fourth-order valence-corrected chi connectivity index (χ4v) is 3.32. The molecule has 0 radical (unpaired) electrons. The first kappa shape index (κ1) is 17.5. The standard InChI is InChI=1S/C18H23N7O2/c1-11-16(22-23-25(11)13-6-8-19-9-7-13)17(26)20-12-4-5-15-14(10-12)21-18(27-15)24(2)3/h4-5,10,13,19H,6-9H2,1-3H3,(H,20,26). The van der Waals surface area contributed by atoms with Gasteiger partial charge in [0.05, 0.1) is 11.7 Å². The third-order valence-corrected chi connectivity index (χ3v) is 4.81. The number of piperidine rings is 1. The van der Waals surface area contributed by atoms with E-state index >= 15 is 0 Å². The van der Waals surface area contributed by atoms with Gasteiger partial charge in [-0.1, -0.05) is 5.21 Å². The number of carbonyl (C=O) groups excluding carboxylic acids is 1. The number of hydrogen-bond donors (Lipinski definition) is 2. The van der Waals surface area contributed by atoms with Crippen LogP contribution in [0.5, 0.6) is 0 Å². The summed E-state index contributed by atoms with van der Waals surface area (Å²) in [6.07, 6.45) is 1.98. The Kier molecular flexibility index (Phi) is 4.53. The first-order valence-corrected chi connectivity index (χ1v) is 9.04. The Morgan fingerprint density at radius 2 is 2.11 bits per heavy atom. The van der Waals surface area contributed by atoms with Crippen molar-refractivity contribution in [2.75, 3.05) is 37.4 Å². The first-order chi connectivity index (χ1) is 13.0. The van der Waals surface area contributed by atoms with Crippen LogP contribution in [0.2, 0.25) is 0 Å². The van der Waals surface area contributed by atoms with E-state index in [1.165, 1.54) is 0 Å². The summed E-state index contributed by atoms with van der Waals surface area (Å²) < 4.78 is 7.51. The van der Waals surface area contributed by atoms with E-state index in [9.17, 15) is 4.79 Å². The largest absolute Gasteiger partial charge is 0.423 e. The number of benzene rings is 1. The second-order valence-electron chi connectivity index (χ2n) is 6.98. The summed E-state index contributed by atoms with van der Waals surface area (Å²) in [5.41, 5.74) is 3.14. The maximum Gasteiger partial charge on any atom is 0.297 e. The molecule has 27 heavy (non-hydrogen) atoms. The molecule has 142 valence electrons. The van der Waals surface area contributed by atoms with Gasteiger partial charge >= 0.3 is 0 Å². The van der Waals surface area contributed by atoms with Crippen LogP contribution in [0.4, 0.5) is 11.7 Å². The van der Waals surface area contributed by atoms with Crippen molar-refractivity contribution in [2.24, 2.45) is 0 Å². The van der Waals surface area contributed by atoms with E-state index in [0.717, 1.165) is 31.6 Å². The summed E-state index contributed by atoms with van der Waals surface area (Å²) in [7, 11) is 3.73. The molecule has 1 saturated heterocycles. The van der Waals surface area contributed by atoms with Gasteiger partial charge in [0.1, 0.15) is 5.52 Å². The molecule has 4 rings (SSSR count). The molecule has 9 nitrogen and oxygen atoms in total. The minimum atomic E-state index is -0.275. The van der Waals surface area contributed by atoms with Gasteiger partial charge in [0.2, 0.25) is 0 Å². The van der Waals surface area contributed by atoms with Gasteiger partial charge in [0.25, 0.3) is 11.9 Å². The van der Waals surface area contributed by atoms with E-state index in [4.69, 9.17) is 4.42 Å². The predicted octanol–water partition coefficient (Wildman–Crippen LogP) is 1.97. The van der Waals surface area contributed by atoms with E-state index in [-0.39, 0.29) is 11.9 Å². The molecule has 2 N–H and O–H groups in total. The molecule has 0 aliphatic carbocycles. The Labute approximate surface area is 156 Å². The number of nitrogens with one attached hydrogen (secondary N) is 2. The molecule has 0 atom stereocenters. The van der Waals surface area contributed by atoms with Gasteiger partial charge in [-0.05, 0) is 51.1 Å². The molecule has 1 aliphatic heterocycles. The molecule has 1 fully saturated rings. The van der Waals surface area contributed by atoms with Crippen LogP contribution in [-0.2, 0) is 0 Å². The number of nitrogens with zero attached hydrogens (tertiary/aromatic N) is 5. The Hall–Kier alpha value is -2.94. The van der Waals surface area contributed by atoms with Crippen LogP contribution in [0.15, 0.2) is 22.6 Å². The van der Waals surface area contributed by atoms with Gasteiger partial charge in [-0.2, -0.15) is 4.98 Å². The highest BCUT2D eigenvalue weighted by Crippen LogP contribution is 2.24. The minimum Gasteiger partial charge on any atom is -0.423 e. The zero-order valence-corrected chi connectivity index (χ0v) is 15.7. The van der Waals surface area contributed by atoms with Crippen molar-refractivity contribution in [1.29, 1.82) is 0 Å². The molecule has 3 heterocycles. The molecule has 1 aromatic carbocycles. The molecule has 1 aliphatic rings. The molecular formula is C18H23N7O2. The van der Waals surface area contributed by atoms with Crippen molar-refractivity contribution in [1.82, 2.24) is 25.3 Å². The zero-order chi connectivity index (χ0) is 19.0. The molecule has 0 spiro atoms. The fraction of sp³-hybridized carbons (Fsp3) is 0.444. The molecule has 0 unspecified atom stereocenters. The maximum absolute atomic E-state index is 12.7. The summed E-state index contributed by atoms with van der Waals surface area (Å²) in [6.45, 7) is 3.80.